The van der Waals surface area contributed by atoms with Gasteiger partial charge in [-0.25, -0.2) is 4.99 Å². The van der Waals surface area contributed by atoms with E-state index in [1.54, 1.807) is 11.0 Å². The molecule has 0 unspecified atom stereocenters. The van der Waals surface area contributed by atoms with Crippen molar-refractivity contribution < 1.29 is 4.79 Å². The Morgan fingerprint density at radius 2 is 2.30 bits per heavy atom. The Balaban J connectivity index is 2.02. The van der Waals surface area contributed by atoms with Crippen molar-refractivity contribution in [1.82, 2.24) is 5.32 Å². The van der Waals surface area contributed by atoms with Crippen LogP contribution in [0.3, 0.4) is 0 Å². The molecule has 1 aromatic rings. The quantitative estimate of drug-likeness (QED) is 0.489. The number of guanidine groups is 1. The molecule has 0 saturated heterocycles. The van der Waals surface area contributed by atoms with E-state index in [4.69, 9.17) is 5.73 Å². The van der Waals surface area contributed by atoms with Gasteiger partial charge in [0, 0.05) is 18.8 Å². The van der Waals surface area contributed by atoms with Crippen molar-refractivity contribution in [2.24, 2.45) is 10.7 Å². The van der Waals surface area contributed by atoms with Crippen LogP contribution in [0.2, 0.25) is 0 Å². The number of carbonyl (C=O) groups excluding carboxylic acids is 1. The lowest BCUT2D eigenvalue weighted by Crippen LogP contribution is -2.38. The van der Waals surface area contributed by atoms with Gasteiger partial charge in [0.15, 0.2) is 5.96 Å². The maximum Gasteiger partial charge on any atom is 0.248 e. The number of benzene rings is 1. The standard InChI is InChI=1S/C15H20N4O/c1-2-9-17-15(16)18-11-14(20)19-10-5-7-12-6-3-4-8-13(12)19/h2-4,6,8H,1,5,7,9-11H2,(H3,16,17,18). The second kappa shape index (κ2) is 6.75. The molecule has 0 aromatic heterocycles. The lowest BCUT2D eigenvalue weighted by Gasteiger charge is -2.29. The second-order valence-corrected chi connectivity index (χ2v) is 4.65. The molecule has 0 aliphatic carbocycles. The summed E-state index contributed by atoms with van der Waals surface area (Å²) in [5.74, 6) is 0.240. The van der Waals surface area contributed by atoms with Crippen LogP contribution in [0.15, 0.2) is 41.9 Å². The molecule has 106 valence electrons. The van der Waals surface area contributed by atoms with Gasteiger partial charge in [0.2, 0.25) is 5.91 Å². The number of aliphatic imine (C=N–C) groups is 1. The Morgan fingerprint density at radius 1 is 1.50 bits per heavy atom. The van der Waals surface area contributed by atoms with Crippen LogP contribution >= 0.6 is 0 Å². The van der Waals surface area contributed by atoms with Crippen molar-refractivity contribution in [2.75, 3.05) is 24.5 Å². The van der Waals surface area contributed by atoms with Crippen molar-refractivity contribution in [3.63, 3.8) is 0 Å². The summed E-state index contributed by atoms with van der Waals surface area (Å²) in [5.41, 5.74) is 7.87. The maximum absolute atomic E-state index is 12.3. The number of para-hydroxylation sites is 1. The van der Waals surface area contributed by atoms with Crippen LogP contribution in [0.4, 0.5) is 5.69 Å². The minimum atomic E-state index is -0.0273. The summed E-state index contributed by atoms with van der Waals surface area (Å²) in [5, 5.41) is 2.85. The molecular weight excluding hydrogens is 252 g/mol. The number of nitrogens with two attached hydrogens (primary N) is 1. The third-order valence-corrected chi connectivity index (χ3v) is 3.22. The van der Waals surface area contributed by atoms with Crippen LogP contribution in [0.25, 0.3) is 0 Å². The fourth-order valence-electron chi connectivity index (χ4n) is 2.26. The van der Waals surface area contributed by atoms with Gasteiger partial charge in [-0.15, -0.1) is 6.58 Å². The fourth-order valence-corrected chi connectivity index (χ4v) is 2.26. The Hall–Kier alpha value is -2.30. The second-order valence-electron chi connectivity index (χ2n) is 4.65. The fraction of sp³-hybridized carbons (Fsp3) is 0.333. The first-order chi connectivity index (χ1) is 9.72. The third-order valence-electron chi connectivity index (χ3n) is 3.22. The zero-order valence-corrected chi connectivity index (χ0v) is 11.5. The van der Waals surface area contributed by atoms with Crippen LogP contribution < -0.4 is 16.0 Å². The van der Waals surface area contributed by atoms with E-state index in [-0.39, 0.29) is 18.4 Å². The average molecular weight is 272 g/mol. The van der Waals surface area contributed by atoms with E-state index in [0.717, 1.165) is 25.1 Å². The van der Waals surface area contributed by atoms with Crippen LogP contribution in [0.5, 0.6) is 0 Å². The monoisotopic (exact) mass is 272 g/mol. The van der Waals surface area contributed by atoms with Gasteiger partial charge >= 0.3 is 0 Å². The summed E-state index contributed by atoms with van der Waals surface area (Å²) in [6.45, 7) is 4.92. The smallest absolute Gasteiger partial charge is 0.248 e. The molecule has 2 rings (SSSR count). The first-order valence-corrected chi connectivity index (χ1v) is 6.75. The summed E-state index contributed by atoms with van der Waals surface area (Å²) < 4.78 is 0. The number of hydrogen-bond donors (Lipinski definition) is 2. The molecule has 0 radical (unpaired) electrons. The van der Waals surface area contributed by atoms with Crippen LogP contribution in [-0.2, 0) is 11.2 Å². The Morgan fingerprint density at radius 3 is 3.10 bits per heavy atom. The topological polar surface area (TPSA) is 70.7 Å². The third kappa shape index (κ3) is 3.38. The number of hydrogen-bond acceptors (Lipinski definition) is 2. The number of amides is 1. The van der Waals surface area contributed by atoms with Gasteiger partial charge in [0.25, 0.3) is 0 Å². The Kier molecular flexibility index (Phi) is 4.76. The van der Waals surface area contributed by atoms with Gasteiger partial charge in [0.1, 0.15) is 6.54 Å². The molecule has 5 nitrogen and oxygen atoms in total. The molecule has 20 heavy (non-hydrogen) atoms. The van der Waals surface area contributed by atoms with E-state index in [2.05, 4.69) is 23.0 Å². The number of fused-ring (bicyclic) bond motifs is 1. The predicted molar refractivity (Wildman–Crippen MR) is 81.8 cm³/mol. The highest BCUT2D eigenvalue weighted by atomic mass is 16.2. The molecule has 0 spiro atoms. The first kappa shape index (κ1) is 14.1. The molecule has 0 bridgehead atoms. The van der Waals surface area contributed by atoms with Crippen LogP contribution in [0.1, 0.15) is 12.0 Å². The maximum atomic E-state index is 12.3. The number of rotatable bonds is 4. The van der Waals surface area contributed by atoms with Gasteiger partial charge in [-0.1, -0.05) is 24.3 Å². The highest BCUT2D eigenvalue weighted by Gasteiger charge is 2.21. The molecule has 3 N–H and O–H groups in total. The highest BCUT2D eigenvalue weighted by molar-refractivity contribution is 5.97. The normalized spacial score (nSPS) is 14.6. The van der Waals surface area contributed by atoms with Gasteiger partial charge in [-0.2, -0.15) is 0 Å². The zero-order chi connectivity index (χ0) is 14.4. The van der Waals surface area contributed by atoms with Crippen molar-refractivity contribution in [1.29, 1.82) is 0 Å². The van der Waals surface area contributed by atoms with Crippen molar-refractivity contribution >= 4 is 17.6 Å². The van der Waals surface area contributed by atoms with Crippen molar-refractivity contribution in [2.45, 2.75) is 12.8 Å². The molecule has 5 heteroatoms. The Bertz CT molecular complexity index is 524. The van der Waals surface area contributed by atoms with Gasteiger partial charge in [-0.3, -0.25) is 4.79 Å². The SMILES string of the molecule is C=CCNC(N)=NCC(=O)N1CCCc2ccccc21. The summed E-state index contributed by atoms with van der Waals surface area (Å²) in [4.78, 5) is 18.1. The number of carbonyl (C=O) groups is 1. The minimum absolute atomic E-state index is 0.0273. The van der Waals surface area contributed by atoms with E-state index in [1.165, 1.54) is 5.56 Å². The lowest BCUT2D eigenvalue weighted by molar-refractivity contribution is -0.117. The van der Waals surface area contributed by atoms with E-state index in [1.807, 2.05) is 18.2 Å². The van der Waals surface area contributed by atoms with Crippen molar-refractivity contribution in [3.8, 4) is 0 Å². The van der Waals surface area contributed by atoms with Gasteiger partial charge in [0.05, 0.1) is 0 Å². The summed E-state index contributed by atoms with van der Waals surface area (Å²) in [6.07, 6.45) is 3.69. The molecule has 1 aliphatic heterocycles. The predicted octanol–water partition coefficient (Wildman–Crippen LogP) is 1.06. The molecule has 1 aromatic carbocycles. The van der Waals surface area contributed by atoms with E-state index >= 15 is 0 Å². The average Bonchev–Trinajstić information content (AvgIpc) is 2.50. The molecule has 0 saturated carbocycles. The zero-order valence-electron chi connectivity index (χ0n) is 11.5. The molecular formula is C15H20N4O. The number of anilines is 1. The first-order valence-electron chi connectivity index (χ1n) is 6.75. The summed E-state index contributed by atoms with van der Waals surface area (Å²) in [7, 11) is 0. The van der Waals surface area contributed by atoms with Gasteiger partial charge in [-0.05, 0) is 24.5 Å². The molecule has 1 amide bonds. The number of aryl methyl sites for hydroxylation is 1. The Labute approximate surface area is 119 Å². The lowest BCUT2D eigenvalue weighted by atomic mass is 10.0. The highest BCUT2D eigenvalue weighted by Crippen LogP contribution is 2.26. The molecule has 1 heterocycles. The largest absolute Gasteiger partial charge is 0.370 e. The van der Waals surface area contributed by atoms with Crippen LogP contribution in [0, 0.1) is 0 Å². The number of nitrogens with zero attached hydrogens (tertiary/aromatic N) is 2. The summed E-state index contributed by atoms with van der Waals surface area (Å²) in [6, 6.07) is 8.00. The van der Waals surface area contributed by atoms with Gasteiger partial charge < -0.3 is 16.0 Å². The van der Waals surface area contributed by atoms with E-state index in [0.29, 0.717) is 6.54 Å². The van der Waals surface area contributed by atoms with E-state index < -0.39 is 0 Å². The van der Waals surface area contributed by atoms with E-state index in [9.17, 15) is 4.79 Å². The van der Waals surface area contributed by atoms with Crippen molar-refractivity contribution in [3.05, 3.63) is 42.5 Å². The number of nitrogens with one attached hydrogen (secondary N) is 1. The minimum Gasteiger partial charge on any atom is -0.370 e. The summed E-state index contributed by atoms with van der Waals surface area (Å²) >= 11 is 0. The van der Waals surface area contributed by atoms with Crippen LogP contribution in [-0.4, -0.2) is 31.5 Å². The molecule has 0 atom stereocenters. The molecule has 1 aliphatic rings. The molecule has 0 fully saturated rings.